The van der Waals surface area contributed by atoms with Crippen LogP contribution >= 0.6 is 31.9 Å². The van der Waals surface area contributed by atoms with Gasteiger partial charge in [0.15, 0.2) is 3.74 Å². The zero-order valence-corrected chi connectivity index (χ0v) is 17.2. The van der Waals surface area contributed by atoms with Crippen molar-refractivity contribution in [3.8, 4) is 0 Å². The van der Waals surface area contributed by atoms with Gasteiger partial charge in [0.25, 0.3) is 0 Å². The summed E-state index contributed by atoms with van der Waals surface area (Å²) in [6.45, 7) is 6.67. The number of esters is 2. The molecule has 0 spiro atoms. The second-order valence-corrected chi connectivity index (χ2v) is 9.56. The van der Waals surface area contributed by atoms with E-state index in [2.05, 4.69) is 37.2 Å². The lowest BCUT2D eigenvalue weighted by molar-refractivity contribution is -0.665. The summed E-state index contributed by atoms with van der Waals surface area (Å²) in [5.74, 6) is 0.00993. The molecule has 0 atom stereocenters. The van der Waals surface area contributed by atoms with Crippen LogP contribution in [0.15, 0.2) is 0 Å². The molecule has 23 heavy (non-hydrogen) atoms. The van der Waals surface area contributed by atoms with E-state index < -0.39 is 3.74 Å². The van der Waals surface area contributed by atoms with Crippen LogP contribution in [0.25, 0.3) is 0 Å². The second-order valence-electron chi connectivity index (χ2n) is 6.50. The number of hydrogen-bond donors (Lipinski definition) is 1. The zero-order chi connectivity index (χ0) is 17.3. The molecule has 1 aliphatic heterocycles. The van der Waals surface area contributed by atoms with E-state index in [1.807, 2.05) is 13.8 Å². The smallest absolute Gasteiger partial charge is 0.330 e. The molecule has 0 aliphatic carbocycles. The van der Waals surface area contributed by atoms with Crippen LogP contribution < -0.4 is 5.32 Å². The molecule has 0 radical (unpaired) electrons. The fourth-order valence-electron chi connectivity index (χ4n) is 2.83. The Morgan fingerprint density at radius 1 is 1.17 bits per heavy atom. The van der Waals surface area contributed by atoms with Crippen LogP contribution in [-0.4, -0.2) is 41.0 Å². The number of piperidine rings is 1. The first-order valence-corrected chi connectivity index (χ1v) is 10.1. The van der Waals surface area contributed by atoms with E-state index in [0.29, 0.717) is 18.9 Å². The summed E-state index contributed by atoms with van der Waals surface area (Å²) < 4.78 is 10.3. The number of hydrogen-bond acceptors (Lipinski definition) is 4. The molecule has 0 bridgehead atoms. The van der Waals surface area contributed by atoms with Gasteiger partial charge in [-0.15, -0.1) is 0 Å². The highest BCUT2D eigenvalue weighted by atomic mass is 79.9. The summed E-state index contributed by atoms with van der Waals surface area (Å²) in [7, 11) is 0. The normalized spacial score (nSPS) is 16.4. The molecule has 0 aromatic carbocycles. The fraction of sp³-hybridized carbons (Fsp3) is 0.875. The molecule has 0 saturated carbocycles. The molecule has 0 aromatic rings. The zero-order valence-electron chi connectivity index (χ0n) is 14.0. The number of quaternary nitrogens is 1. The quantitative estimate of drug-likeness (QED) is 0.328. The average molecular weight is 458 g/mol. The molecule has 7 heteroatoms. The van der Waals surface area contributed by atoms with E-state index >= 15 is 0 Å². The lowest BCUT2D eigenvalue weighted by Crippen LogP contribution is -2.86. The third-order valence-corrected chi connectivity index (χ3v) is 4.99. The minimum absolute atomic E-state index is 0.123. The van der Waals surface area contributed by atoms with E-state index in [0.717, 1.165) is 45.2 Å². The Morgan fingerprint density at radius 2 is 1.83 bits per heavy atom. The molecular formula is C16H28Br2NO4+. The van der Waals surface area contributed by atoms with E-state index in [1.54, 1.807) is 0 Å². The first-order valence-electron chi connectivity index (χ1n) is 8.31. The van der Waals surface area contributed by atoms with E-state index in [-0.39, 0.29) is 17.5 Å². The van der Waals surface area contributed by atoms with E-state index in [1.165, 1.54) is 0 Å². The van der Waals surface area contributed by atoms with Gasteiger partial charge >= 0.3 is 11.9 Å². The number of unbranched alkanes of at least 4 members (excludes halogenated alkanes) is 2. The molecule has 2 N–H and O–H groups in total. The summed E-state index contributed by atoms with van der Waals surface area (Å²) in [6.07, 6.45) is 5.00. The topological polar surface area (TPSA) is 69.2 Å². The molecule has 1 aliphatic rings. The largest absolute Gasteiger partial charge is 0.464 e. The number of halogens is 2. The second kappa shape index (κ2) is 10.7. The summed E-state index contributed by atoms with van der Waals surface area (Å²) in [5, 5.41) is 2.31. The SMILES string of the molecule is CC(C)(OC(=O)CCCCCOC(=O)C(Br)Br)C1CC[NH2+]CC1. The Kier molecular flexibility index (Phi) is 9.70. The first kappa shape index (κ1) is 20.9. The Hall–Kier alpha value is -0.140. The highest BCUT2D eigenvalue weighted by Gasteiger charge is 2.35. The van der Waals surface area contributed by atoms with Gasteiger partial charge in [0.1, 0.15) is 5.60 Å². The van der Waals surface area contributed by atoms with Gasteiger partial charge in [0.2, 0.25) is 0 Å². The lowest BCUT2D eigenvalue weighted by atomic mass is 9.83. The Balaban J connectivity index is 2.13. The van der Waals surface area contributed by atoms with Crippen molar-refractivity contribution in [3.05, 3.63) is 0 Å². The van der Waals surface area contributed by atoms with Gasteiger partial charge in [0, 0.05) is 25.2 Å². The standard InChI is InChI=1S/C16H27Br2NO4/c1-16(2,12-7-9-19-10-8-12)23-13(20)6-4-3-5-11-22-15(21)14(17)18/h12,14,19H,3-11H2,1-2H3/p+1. The third kappa shape index (κ3) is 8.49. The van der Waals surface area contributed by atoms with Gasteiger partial charge in [-0.2, -0.15) is 0 Å². The summed E-state index contributed by atoms with van der Waals surface area (Å²) >= 11 is 6.16. The molecular weight excluding hydrogens is 430 g/mol. The maximum atomic E-state index is 12.0. The van der Waals surface area contributed by atoms with Crippen LogP contribution in [0.1, 0.15) is 52.4 Å². The minimum Gasteiger partial charge on any atom is -0.464 e. The number of nitrogens with two attached hydrogens (primary N) is 1. The number of rotatable bonds is 9. The first-order chi connectivity index (χ1) is 10.8. The molecule has 1 fully saturated rings. The molecule has 1 rings (SSSR count). The Morgan fingerprint density at radius 3 is 2.43 bits per heavy atom. The molecule has 1 heterocycles. The predicted molar refractivity (Wildman–Crippen MR) is 95.6 cm³/mol. The number of carbonyl (C=O) groups is 2. The lowest BCUT2D eigenvalue weighted by Gasteiger charge is -2.35. The van der Waals surface area contributed by atoms with Gasteiger partial charge in [-0.25, -0.2) is 4.79 Å². The highest BCUT2D eigenvalue weighted by molar-refractivity contribution is 9.25. The number of alkyl halides is 2. The fourth-order valence-corrected chi connectivity index (χ4v) is 3.10. The van der Waals surface area contributed by atoms with Crippen molar-refractivity contribution in [1.82, 2.24) is 0 Å². The van der Waals surface area contributed by atoms with Gasteiger partial charge in [-0.1, -0.05) is 31.9 Å². The minimum atomic E-state index is -0.454. The molecule has 134 valence electrons. The van der Waals surface area contributed by atoms with Gasteiger partial charge in [-0.05, 0) is 33.1 Å². The highest BCUT2D eigenvalue weighted by Crippen LogP contribution is 2.28. The van der Waals surface area contributed by atoms with Crippen LogP contribution in [0.3, 0.4) is 0 Å². The number of carbonyl (C=O) groups excluding carboxylic acids is 2. The Bertz CT molecular complexity index is 382. The molecule has 5 nitrogen and oxygen atoms in total. The van der Waals surface area contributed by atoms with Crippen molar-refractivity contribution in [1.29, 1.82) is 0 Å². The van der Waals surface area contributed by atoms with Crippen LogP contribution in [0.4, 0.5) is 0 Å². The van der Waals surface area contributed by atoms with E-state index in [9.17, 15) is 9.59 Å². The van der Waals surface area contributed by atoms with Gasteiger partial charge < -0.3 is 14.8 Å². The third-order valence-electron chi connectivity index (χ3n) is 4.25. The van der Waals surface area contributed by atoms with E-state index in [4.69, 9.17) is 9.47 Å². The van der Waals surface area contributed by atoms with Crippen molar-refractivity contribution in [2.45, 2.75) is 61.7 Å². The molecule has 0 amide bonds. The molecule has 1 saturated heterocycles. The van der Waals surface area contributed by atoms with Gasteiger partial charge in [-0.3, -0.25) is 4.79 Å². The maximum absolute atomic E-state index is 12.0. The summed E-state index contributed by atoms with van der Waals surface area (Å²) in [5.41, 5.74) is -0.373. The summed E-state index contributed by atoms with van der Waals surface area (Å²) in [4.78, 5) is 23.2. The van der Waals surface area contributed by atoms with Gasteiger partial charge in [0.05, 0.1) is 19.7 Å². The average Bonchev–Trinajstić information content (AvgIpc) is 2.50. The van der Waals surface area contributed by atoms with Crippen LogP contribution in [-0.2, 0) is 19.1 Å². The van der Waals surface area contributed by atoms with Crippen LogP contribution in [0.2, 0.25) is 0 Å². The molecule has 0 aromatic heterocycles. The van der Waals surface area contributed by atoms with Crippen molar-refractivity contribution >= 4 is 43.8 Å². The van der Waals surface area contributed by atoms with Crippen LogP contribution in [0.5, 0.6) is 0 Å². The van der Waals surface area contributed by atoms with Crippen LogP contribution in [0, 0.1) is 5.92 Å². The van der Waals surface area contributed by atoms with Crippen molar-refractivity contribution in [3.63, 3.8) is 0 Å². The van der Waals surface area contributed by atoms with Crippen molar-refractivity contribution < 1.29 is 24.4 Å². The number of ether oxygens (including phenoxy) is 2. The summed E-state index contributed by atoms with van der Waals surface area (Å²) in [6, 6.07) is 0. The monoisotopic (exact) mass is 456 g/mol. The maximum Gasteiger partial charge on any atom is 0.330 e. The molecule has 0 unspecified atom stereocenters. The van der Waals surface area contributed by atoms with Crippen molar-refractivity contribution in [2.24, 2.45) is 5.92 Å². The predicted octanol–water partition coefficient (Wildman–Crippen LogP) is 2.50. The Labute approximate surface area is 155 Å². The van der Waals surface area contributed by atoms with Crippen molar-refractivity contribution in [2.75, 3.05) is 19.7 Å².